The molecule has 0 amide bonds. The van der Waals surface area contributed by atoms with Crippen LogP contribution in [0.1, 0.15) is 30.1 Å². The molecule has 3 rings (SSSR count). The van der Waals surface area contributed by atoms with Crippen molar-refractivity contribution < 1.29 is 5.11 Å². The Bertz CT molecular complexity index is 655. The molecule has 1 aromatic carbocycles. The maximum atomic E-state index is 9.24. The lowest BCUT2D eigenvalue weighted by Crippen LogP contribution is -2.22. The monoisotopic (exact) mass is 283 g/mol. The fraction of sp³-hybridized carbons (Fsp3) is 0.267. The van der Waals surface area contributed by atoms with Gasteiger partial charge in [-0.1, -0.05) is 12.1 Å². The predicted molar refractivity (Wildman–Crippen MR) is 80.2 cm³/mol. The van der Waals surface area contributed by atoms with Gasteiger partial charge in [0.05, 0.1) is 0 Å². The second kappa shape index (κ2) is 5.78. The number of aromatic amines is 1. The van der Waals surface area contributed by atoms with Gasteiger partial charge in [0, 0.05) is 12.5 Å². The summed E-state index contributed by atoms with van der Waals surface area (Å²) in [6.45, 7) is 0. The third-order valence-electron chi connectivity index (χ3n) is 3.20. The molecule has 0 unspecified atom stereocenters. The average molecular weight is 283 g/mol. The van der Waals surface area contributed by atoms with Crippen LogP contribution in [-0.4, -0.2) is 32.2 Å². The van der Waals surface area contributed by atoms with E-state index in [-0.39, 0.29) is 5.75 Å². The van der Waals surface area contributed by atoms with Crippen LogP contribution in [0.2, 0.25) is 0 Å². The molecule has 0 bridgehead atoms. The summed E-state index contributed by atoms with van der Waals surface area (Å²) in [4.78, 5) is 3.10. The standard InChI is InChI=1S/C15H17N5O/c16-13(17-11-3-4-11)7-8-14-18-15(20-19-14)9-10-1-5-12(21)6-2-10/h1-2,5-8,11,21H,3-4,9H2,(H2,16,17)(H,18,19,20)/b8-7-. The second-order valence-electron chi connectivity index (χ2n) is 5.17. The Kier molecular flexibility index (Phi) is 3.68. The van der Waals surface area contributed by atoms with Crippen molar-refractivity contribution >= 4 is 11.9 Å². The largest absolute Gasteiger partial charge is 0.508 e. The number of hydrogen-bond donors (Lipinski definition) is 4. The van der Waals surface area contributed by atoms with E-state index in [1.54, 1.807) is 24.3 Å². The van der Waals surface area contributed by atoms with Crippen LogP contribution in [0.15, 0.2) is 30.3 Å². The van der Waals surface area contributed by atoms with Crippen LogP contribution in [0.25, 0.3) is 6.08 Å². The lowest BCUT2D eigenvalue weighted by atomic mass is 10.1. The zero-order valence-corrected chi connectivity index (χ0v) is 11.5. The minimum atomic E-state index is 0.251. The molecule has 1 aliphatic rings. The highest BCUT2D eigenvalue weighted by Crippen LogP contribution is 2.18. The van der Waals surface area contributed by atoms with Crippen LogP contribution in [-0.2, 0) is 6.42 Å². The molecule has 0 aliphatic heterocycles. The van der Waals surface area contributed by atoms with Gasteiger partial charge in [-0.2, -0.15) is 0 Å². The number of benzene rings is 1. The van der Waals surface area contributed by atoms with Crippen molar-refractivity contribution in [2.24, 2.45) is 0 Å². The SMILES string of the molecule is N=C(/C=C\c1nnc(Cc2ccc(O)cc2)[nH]1)NC1CC1. The van der Waals surface area contributed by atoms with E-state index in [1.807, 2.05) is 12.1 Å². The molecule has 0 spiro atoms. The van der Waals surface area contributed by atoms with Crippen molar-refractivity contribution in [3.05, 3.63) is 47.6 Å². The first kappa shape index (κ1) is 13.4. The predicted octanol–water partition coefficient (Wildman–Crippen LogP) is 1.84. The highest BCUT2D eigenvalue weighted by atomic mass is 16.3. The van der Waals surface area contributed by atoms with Crippen LogP contribution >= 0.6 is 0 Å². The third kappa shape index (κ3) is 3.92. The maximum Gasteiger partial charge on any atom is 0.154 e. The Morgan fingerprint density at radius 3 is 2.81 bits per heavy atom. The molecule has 6 nitrogen and oxygen atoms in total. The van der Waals surface area contributed by atoms with Gasteiger partial charge in [0.25, 0.3) is 0 Å². The van der Waals surface area contributed by atoms with Crippen LogP contribution in [0.4, 0.5) is 0 Å². The summed E-state index contributed by atoms with van der Waals surface area (Å²) in [5.74, 6) is 2.03. The van der Waals surface area contributed by atoms with E-state index in [9.17, 15) is 5.11 Å². The molecule has 6 heteroatoms. The van der Waals surface area contributed by atoms with Gasteiger partial charge in [0.1, 0.15) is 17.4 Å². The smallest absolute Gasteiger partial charge is 0.154 e. The number of nitrogens with zero attached hydrogens (tertiary/aromatic N) is 2. The van der Waals surface area contributed by atoms with Crippen LogP contribution in [0.3, 0.4) is 0 Å². The Morgan fingerprint density at radius 1 is 1.33 bits per heavy atom. The van der Waals surface area contributed by atoms with Gasteiger partial charge in [-0.15, -0.1) is 10.2 Å². The number of nitrogens with one attached hydrogen (secondary N) is 3. The molecular weight excluding hydrogens is 266 g/mol. The molecule has 1 fully saturated rings. The van der Waals surface area contributed by atoms with Crippen LogP contribution in [0.5, 0.6) is 5.75 Å². The summed E-state index contributed by atoms with van der Waals surface area (Å²) in [6, 6.07) is 7.47. The molecule has 1 aromatic heterocycles. The summed E-state index contributed by atoms with van der Waals surface area (Å²) < 4.78 is 0. The summed E-state index contributed by atoms with van der Waals surface area (Å²) in [5.41, 5.74) is 1.04. The van der Waals surface area contributed by atoms with Gasteiger partial charge < -0.3 is 15.4 Å². The van der Waals surface area contributed by atoms with Crippen molar-refractivity contribution in [3.8, 4) is 5.75 Å². The normalized spacial score (nSPS) is 14.5. The average Bonchev–Trinajstić information content (AvgIpc) is 3.17. The summed E-state index contributed by atoms with van der Waals surface area (Å²) in [5, 5.41) is 28.2. The van der Waals surface area contributed by atoms with E-state index >= 15 is 0 Å². The number of phenolic OH excluding ortho intramolecular Hbond substituents is 1. The molecule has 21 heavy (non-hydrogen) atoms. The Balaban J connectivity index is 1.58. The first-order chi connectivity index (χ1) is 10.2. The minimum absolute atomic E-state index is 0.251. The van der Waals surface area contributed by atoms with Gasteiger partial charge in [-0.25, -0.2) is 0 Å². The van der Waals surface area contributed by atoms with Gasteiger partial charge in [-0.3, -0.25) is 5.41 Å². The molecule has 0 saturated heterocycles. The van der Waals surface area contributed by atoms with E-state index in [2.05, 4.69) is 20.5 Å². The molecule has 4 N–H and O–H groups in total. The van der Waals surface area contributed by atoms with Crippen molar-refractivity contribution in [2.75, 3.05) is 0 Å². The van der Waals surface area contributed by atoms with Gasteiger partial charge >= 0.3 is 0 Å². The number of hydrogen-bond acceptors (Lipinski definition) is 4. The number of aromatic nitrogens is 3. The Hall–Kier alpha value is -2.63. The van der Waals surface area contributed by atoms with Crippen molar-refractivity contribution in [3.63, 3.8) is 0 Å². The molecule has 1 saturated carbocycles. The van der Waals surface area contributed by atoms with E-state index in [4.69, 9.17) is 5.41 Å². The maximum absolute atomic E-state index is 9.24. The van der Waals surface area contributed by atoms with Crippen molar-refractivity contribution in [1.29, 1.82) is 5.41 Å². The quantitative estimate of drug-likeness (QED) is 0.497. The van der Waals surface area contributed by atoms with E-state index in [0.717, 1.165) is 24.2 Å². The van der Waals surface area contributed by atoms with Crippen LogP contribution in [0, 0.1) is 5.41 Å². The molecule has 1 aliphatic carbocycles. The van der Waals surface area contributed by atoms with Crippen molar-refractivity contribution in [2.45, 2.75) is 25.3 Å². The summed E-state index contributed by atoms with van der Waals surface area (Å²) in [6.07, 6.45) is 6.34. The van der Waals surface area contributed by atoms with Gasteiger partial charge in [0.15, 0.2) is 5.82 Å². The Labute approximate surface area is 122 Å². The molecule has 2 aromatic rings. The minimum Gasteiger partial charge on any atom is -0.508 e. The topological polar surface area (TPSA) is 97.7 Å². The number of H-pyrrole nitrogens is 1. The molecular formula is C15H17N5O. The Morgan fingerprint density at radius 2 is 2.10 bits per heavy atom. The molecule has 1 heterocycles. The summed E-state index contributed by atoms with van der Waals surface area (Å²) >= 11 is 0. The van der Waals surface area contributed by atoms with Gasteiger partial charge in [-0.05, 0) is 42.7 Å². The molecule has 0 atom stereocenters. The number of rotatable bonds is 5. The van der Waals surface area contributed by atoms with Gasteiger partial charge in [0.2, 0.25) is 0 Å². The van der Waals surface area contributed by atoms with E-state index in [0.29, 0.717) is 24.1 Å². The first-order valence-electron chi connectivity index (χ1n) is 6.92. The van der Waals surface area contributed by atoms with Crippen LogP contribution < -0.4 is 5.32 Å². The first-order valence-corrected chi connectivity index (χ1v) is 6.92. The zero-order chi connectivity index (χ0) is 14.7. The molecule has 0 radical (unpaired) electrons. The van der Waals surface area contributed by atoms with E-state index < -0.39 is 0 Å². The zero-order valence-electron chi connectivity index (χ0n) is 11.5. The number of aromatic hydroxyl groups is 1. The van der Waals surface area contributed by atoms with E-state index in [1.165, 1.54) is 0 Å². The third-order valence-corrected chi connectivity index (χ3v) is 3.20. The molecule has 108 valence electrons. The highest BCUT2D eigenvalue weighted by molar-refractivity contribution is 5.93. The lowest BCUT2D eigenvalue weighted by Gasteiger charge is -1.99. The highest BCUT2D eigenvalue weighted by Gasteiger charge is 2.20. The number of phenols is 1. The van der Waals surface area contributed by atoms with Crippen molar-refractivity contribution in [1.82, 2.24) is 20.5 Å². The second-order valence-corrected chi connectivity index (χ2v) is 5.17. The number of amidine groups is 1. The fourth-order valence-electron chi connectivity index (χ4n) is 1.93. The lowest BCUT2D eigenvalue weighted by molar-refractivity contribution is 0.475. The summed E-state index contributed by atoms with van der Waals surface area (Å²) in [7, 11) is 0. The fourth-order valence-corrected chi connectivity index (χ4v) is 1.93.